The van der Waals surface area contributed by atoms with Crippen molar-refractivity contribution in [3.8, 4) is 11.4 Å². The molecular weight excluding hydrogens is 224 g/mol. The van der Waals surface area contributed by atoms with Crippen LogP contribution in [0.25, 0.3) is 11.4 Å². The molecule has 0 aliphatic rings. The van der Waals surface area contributed by atoms with Crippen LogP contribution < -0.4 is 0 Å². The molecule has 0 saturated heterocycles. The molecule has 1 heterocycles. The molecule has 0 aliphatic carbocycles. The quantitative estimate of drug-likeness (QED) is 0.888. The number of aromatic nitrogens is 2. The lowest BCUT2D eigenvalue weighted by Gasteiger charge is -2.05. The van der Waals surface area contributed by atoms with E-state index in [1.165, 1.54) is 0 Å². The Morgan fingerprint density at radius 3 is 2.62 bits per heavy atom. The molecule has 3 nitrogen and oxygen atoms in total. The van der Waals surface area contributed by atoms with Crippen molar-refractivity contribution in [1.82, 2.24) is 9.55 Å². The molecule has 4 heteroatoms. The Balaban J connectivity index is 2.37. The molecule has 0 spiro atoms. The molecule has 2 rings (SSSR count). The molecule has 0 radical (unpaired) electrons. The van der Waals surface area contributed by atoms with E-state index in [1.807, 2.05) is 35.9 Å². The largest absolute Gasteiger partial charge is 0.396 e. The third-order valence-electron chi connectivity index (χ3n) is 2.55. The Labute approximate surface area is 99.3 Å². The minimum absolute atomic E-state index is 0.138. The highest BCUT2D eigenvalue weighted by atomic mass is 35.5. The van der Waals surface area contributed by atoms with Crippen molar-refractivity contribution < 1.29 is 5.11 Å². The summed E-state index contributed by atoms with van der Waals surface area (Å²) < 4.78 is 1.99. The molecule has 2 aromatic rings. The number of imidazole rings is 1. The minimum Gasteiger partial charge on any atom is -0.396 e. The van der Waals surface area contributed by atoms with Crippen LogP contribution in [0, 0.1) is 0 Å². The zero-order chi connectivity index (χ0) is 11.5. The van der Waals surface area contributed by atoms with Crippen molar-refractivity contribution in [1.29, 1.82) is 0 Å². The predicted molar refractivity (Wildman–Crippen MR) is 64.4 cm³/mol. The smallest absolute Gasteiger partial charge is 0.139 e. The average Bonchev–Trinajstić information content (AvgIpc) is 2.63. The maximum absolute atomic E-state index is 8.90. The Morgan fingerprint density at radius 2 is 2.00 bits per heavy atom. The molecule has 1 aromatic carbocycles. The second-order valence-electron chi connectivity index (χ2n) is 3.61. The molecule has 1 N–H and O–H groups in total. The summed E-state index contributed by atoms with van der Waals surface area (Å²) in [5.74, 6) is 0.889. The fraction of sp³-hybridized carbons (Fsp3) is 0.250. The number of hydrogen-bond acceptors (Lipinski definition) is 2. The second-order valence-corrected chi connectivity index (χ2v) is 4.05. The number of aliphatic hydroxyl groups excluding tert-OH is 1. The first-order valence-electron chi connectivity index (χ1n) is 5.10. The number of aliphatic hydroxyl groups is 1. The van der Waals surface area contributed by atoms with Crippen LogP contribution in [-0.4, -0.2) is 21.3 Å². The van der Waals surface area contributed by atoms with Gasteiger partial charge in [-0.1, -0.05) is 11.6 Å². The molecule has 16 heavy (non-hydrogen) atoms. The molecule has 0 bridgehead atoms. The van der Waals surface area contributed by atoms with Crippen molar-refractivity contribution in [3.63, 3.8) is 0 Å². The van der Waals surface area contributed by atoms with Gasteiger partial charge in [-0.2, -0.15) is 0 Å². The zero-order valence-electron chi connectivity index (χ0n) is 9.02. The van der Waals surface area contributed by atoms with Crippen LogP contribution in [0.5, 0.6) is 0 Å². The lowest BCUT2D eigenvalue weighted by molar-refractivity contribution is 0.297. The van der Waals surface area contributed by atoms with Gasteiger partial charge in [0.05, 0.1) is 0 Å². The first kappa shape index (κ1) is 11.2. The van der Waals surface area contributed by atoms with Gasteiger partial charge < -0.3 is 9.67 Å². The number of nitrogens with zero attached hydrogens (tertiary/aromatic N) is 2. The summed E-state index contributed by atoms with van der Waals surface area (Å²) in [5, 5.41) is 9.62. The van der Waals surface area contributed by atoms with E-state index in [-0.39, 0.29) is 6.61 Å². The van der Waals surface area contributed by atoms with E-state index < -0.39 is 0 Å². The third-order valence-corrected chi connectivity index (χ3v) is 2.81. The van der Waals surface area contributed by atoms with E-state index in [4.69, 9.17) is 16.7 Å². The summed E-state index contributed by atoms with van der Waals surface area (Å²) in [7, 11) is 1.95. The number of rotatable bonds is 3. The van der Waals surface area contributed by atoms with Gasteiger partial charge in [-0.3, -0.25) is 0 Å². The standard InChI is InChI=1S/C12H13ClN2O/c1-15-11(6-7-16)8-14-12(15)9-2-4-10(13)5-3-9/h2-5,8,16H,6-7H2,1H3. The van der Waals surface area contributed by atoms with E-state index in [9.17, 15) is 0 Å². The van der Waals surface area contributed by atoms with Crippen molar-refractivity contribution in [3.05, 3.63) is 41.2 Å². The van der Waals surface area contributed by atoms with E-state index >= 15 is 0 Å². The highest BCUT2D eigenvalue weighted by Crippen LogP contribution is 2.20. The van der Waals surface area contributed by atoms with Crippen LogP contribution in [0.3, 0.4) is 0 Å². The Hall–Kier alpha value is -1.32. The van der Waals surface area contributed by atoms with Crippen molar-refractivity contribution in [2.24, 2.45) is 7.05 Å². The van der Waals surface area contributed by atoms with E-state index in [1.54, 1.807) is 6.20 Å². The SMILES string of the molecule is Cn1c(CCO)cnc1-c1ccc(Cl)cc1. The molecule has 0 atom stereocenters. The molecule has 0 unspecified atom stereocenters. The molecule has 0 saturated carbocycles. The monoisotopic (exact) mass is 236 g/mol. The first-order valence-corrected chi connectivity index (χ1v) is 5.47. The summed E-state index contributed by atoms with van der Waals surface area (Å²) in [6.45, 7) is 0.138. The second kappa shape index (κ2) is 4.68. The summed E-state index contributed by atoms with van der Waals surface area (Å²) in [6.07, 6.45) is 2.41. The fourth-order valence-corrected chi connectivity index (χ4v) is 1.78. The number of hydrogen-bond donors (Lipinski definition) is 1. The maximum atomic E-state index is 8.90. The van der Waals surface area contributed by atoms with Crippen molar-refractivity contribution in [2.45, 2.75) is 6.42 Å². The van der Waals surface area contributed by atoms with Gasteiger partial charge >= 0.3 is 0 Å². The van der Waals surface area contributed by atoms with Gasteiger partial charge in [0, 0.05) is 42.6 Å². The summed E-state index contributed by atoms with van der Waals surface area (Å²) in [6, 6.07) is 7.56. The topological polar surface area (TPSA) is 38.0 Å². The van der Waals surface area contributed by atoms with Crippen molar-refractivity contribution >= 4 is 11.6 Å². The highest BCUT2D eigenvalue weighted by molar-refractivity contribution is 6.30. The van der Waals surface area contributed by atoms with Gasteiger partial charge in [0.1, 0.15) is 5.82 Å². The van der Waals surface area contributed by atoms with Crippen LogP contribution in [0.2, 0.25) is 5.02 Å². The van der Waals surface area contributed by atoms with E-state index in [0.717, 1.165) is 17.1 Å². The Kier molecular flexibility index (Phi) is 3.27. The Morgan fingerprint density at radius 1 is 1.31 bits per heavy atom. The third kappa shape index (κ3) is 2.10. The molecule has 0 fully saturated rings. The van der Waals surface area contributed by atoms with Gasteiger partial charge in [-0.15, -0.1) is 0 Å². The lowest BCUT2D eigenvalue weighted by atomic mass is 10.2. The van der Waals surface area contributed by atoms with Gasteiger partial charge in [0.15, 0.2) is 0 Å². The number of halogens is 1. The van der Waals surface area contributed by atoms with Crippen LogP contribution in [-0.2, 0) is 13.5 Å². The van der Waals surface area contributed by atoms with Crippen LogP contribution in [0.15, 0.2) is 30.5 Å². The molecule has 0 amide bonds. The highest BCUT2D eigenvalue weighted by Gasteiger charge is 2.07. The first-order chi connectivity index (χ1) is 7.72. The minimum atomic E-state index is 0.138. The summed E-state index contributed by atoms with van der Waals surface area (Å²) in [5.41, 5.74) is 2.04. The number of benzene rings is 1. The zero-order valence-corrected chi connectivity index (χ0v) is 9.78. The van der Waals surface area contributed by atoms with Crippen molar-refractivity contribution in [2.75, 3.05) is 6.61 Å². The van der Waals surface area contributed by atoms with E-state index in [2.05, 4.69) is 4.98 Å². The Bertz CT molecular complexity index is 476. The van der Waals surface area contributed by atoms with Crippen LogP contribution in [0.1, 0.15) is 5.69 Å². The van der Waals surface area contributed by atoms with E-state index in [0.29, 0.717) is 11.4 Å². The van der Waals surface area contributed by atoms with Gasteiger partial charge in [-0.05, 0) is 24.3 Å². The van der Waals surface area contributed by atoms with Gasteiger partial charge in [0.2, 0.25) is 0 Å². The summed E-state index contributed by atoms with van der Waals surface area (Å²) >= 11 is 5.83. The predicted octanol–water partition coefficient (Wildman–Crippen LogP) is 2.28. The van der Waals surface area contributed by atoms with Crippen LogP contribution in [0.4, 0.5) is 0 Å². The molecule has 84 valence electrons. The fourth-order valence-electron chi connectivity index (χ4n) is 1.66. The van der Waals surface area contributed by atoms with Gasteiger partial charge in [0.25, 0.3) is 0 Å². The van der Waals surface area contributed by atoms with Crippen LogP contribution >= 0.6 is 11.6 Å². The normalized spacial score (nSPS) is 10.7. The average molecular weight is 237 g/mol. The lowest BCUT2D eigenvalue weighted by Crippen LogP contribution is -2.00. The summed E-state index contributed by atoms with van der Waals surface area (Å²) in [4.78, 5) is 4.34. The molecule has 0 aliphatic heterocycles. The van der Waals surface area contributed by atoms with Gasteiger partial charge in [-0.25, -0.2) is 4.98 Å². The molecule has 1 aromatic heterocycles. The maximum Gasteiger partial charge on any atom is 0.139 e. The molecular formula is C12H13ClN2O.